The number of hydrogen-bond donors (Lipinski definition) is 0. The Hall–Kier alpha value is -1.50. The molecule has 4 nitrogen and oxygen atoms in total. The maximum atomic E-state index is 13.1. The van der Waals surface area contributed by atoms with Gasteiger partial charge < -0.3 is 4.74 Å². The molecule has 1 unspecified atom stereocenters. The summed E-state index contributed by atoms with van der Waals surface area (Å²) in [6.07, 6.45) is 0.886. The molecule has 3 rings (SSSR count). The van der Waals surface area contributed by atoms with Crippen molar-refractivity contribution >= 4 is 21.8 Å². The van der Waals surface area contributed by atoms with Crippen LogP contribution in [0.5, 0.6) is 5.75 Å². The summed E-state index contributed by atoms with van der Waals surface area (Å²) in [6, 6.07) is 15.1. The van der Waals surface area contributed by atoms with Gasteiger partial charge in [0, 0.05) is 24.1 Å². The Bertz CT molecular complexity index is 863. The van der Waals surface area contributed by atoms with Gasteiger partial charge in [-0.2, -0.15) is 16.1 Å². The fraction of sp³-hybridized carbons (Fsp3) is 0.429. The minimum Gasteiger partial charge on any atom is -0.491 e. The largest absolute Gasteiger partial charge is 0.491 e. The molecule has 2 aromatic carbocycles. The van der Waals surface area contributed by atoms with Gasteiger partial charge in [0.1, 0.15) is 5.75 Å². The number of nitrogens with zero attached hydrogens (tertiary/aromatic N) is 1. The standard InChI is InChI=1S/C21H27NO3S2/c1-16(2)25-18-8-10-19(11-9-18)27(23,24)22-13-12-21(26-15-14-22)20-7-5-4-6-17(20)3/h4-11,16,21H,12-15H2,1-3H3. The Balaban J connectivity index is 1.73. The fourth-order valence-corrected chi connectivity index (χ4v) is 6.20. The first-order valence-electron chi connectivity index (χ1n) is 9.32. The summed E-state index contributed by atoms with van der Waals surface area (Å²) in [5.74, 6) is 1.49. The maximum Gasteiger partial charge on any atom is 0.243 e. The third-order valence-electron chi connectivity index (χ3n) is 4.67. The number of ether oxygens (including phenoxy) is 1. The number of benzene rings is 2. The molecule has 2 aromatic rings. The van der Waals surface area contributed by atoms with Crippen molar-refractivity contribution in [3.05, 3.63) is 59.7 Å². The Morgan fingerprint density at radius 2 is 1.78 bits per heavy atom. The summed E-state index contributed by atoms with van der Waals surface area (Å²) in [6.45, 7) is 7.10. The third-order valence-corrected chi connectivity index (χ3v) is 7.89. The SMILES string of the molecule is Cc1ccccc1C1CCN(S(=O)(=O)c2ccc(OC(C)C)cc2)CCS1. The van der Waals surface area contributed by atoms with Crippen LogP contribution in [0.25, 0.3) is 0 Å². The molecule has 27 heavy (non-hydrogen) atoms. The summed E-state index contributed by atoms with van der Waals surface area (Å²) in [7, 11) is -3.48. The third kappa shape index (κ3) is 4.86. The van der Waals surface area contributed by atoms with Crippen molar-refractivity contribution in [3.8, 4) is 5.75 Å². The van der Waals surface area contributed by atoms with E-state index in [0.29, 0.717) is 29.0 Å². The Morgan fingerprint density at radius 3 is 2.44 bits per heavy atom. The smallest absolute Gasteiger partial charge is 0.243 e. The molecule has 146 valence electrons. The van der Waals surface area contributed by atoms with E-state index >= 15 is 0 Å². The second kappa shape index (κ2) is 8.67. The van der Waals surface area contributed by atoms with Crippen LogP contribution >= 0.6 is 11.8 Å². The second-order valence-corrected chi connectivity index (χ2v) is 10.3. The molecule has 1 aliphatic rings. The number of aryl methyl sites for hydroxylation is 1. The Labute approximate surface area is 167 Å². The van der Waals surface area contributed by atoms with Gasteiger partial charge in [-0.1, -0.05) is 24.3 Å². The van der Waals surface area contributed by atoms with Gasteiger partial charge in [0.2, 0.25) is 10.0 Å². The normalized spacial score (nSPS) is 19.0. The highest BCUT2D eigenvalue weighted by Gasteiger charge is 2.28. The molecule has 6 heteroatoms. The molecule has 0 N–H and O–H groups in total. The highest BCUT2D eigenvalue weighted by molar-refractivity contribution is 7.99. The summed E-state index contributed by atoms with van der Waals surface area (Å²) in [5, 5.41) is 0.341. The van der Waals surface area contributed by atoms with Crippen molar-refractivity contribution < 1.29 is 13.2 Å². The predicted molar refractivity (Wildman–Crippen MR) is 112 cm³/mol. The number of hydrogen-bond acceptors (Lipinski definition) is 4. The minimum atomic E-state index is -3.48. The molecule has 0 saturated carbocycles. The lowest BCUT2D eigenvalue weighted by molar-refractivity contribution is 0.242. The lowest BCUT2D eigenvalue weighted by atomic mass is 10.0. The molecule has 1 atom stereocenters. The molecule has 0 spiro atoms. The van der Waals surface area contributed by atoms with Crippen LogP contribution in [-0.4, -0.2) is 37.7 Å². The van der Waals surface area contributed by atoms with Crippen LogP contribution in [-0.2, 0) is 10.0 Å². The van der Waals surface area contributed by atoms with Crippen molar-refractivity contribution in [2.24, 2.45) is 0 Å². The van der Waals surface area contributed by atoms with Crippen molar-refractivity contribution in [1.82, 2.24) is 4.31 Å². The zero-order valence-corrected chi connectivity index (χ0v) is 17.7. The lowest BCUT2D eigenvalue weighted by Crippen LogP contribution is -2.33. The molecule has 0 amide bonds. The summed E-state index contributed by atoms with van der Waals surface area (Å²) >= 11 is 1.85. The molecule has 1 saturated heterocycles. The minimum absolute atomic E-state index is 0.0634. The van der Waals surface area contributed by atoms with Crippen molar-refractivity contribution in [1.29, 1.82) is 0 Å². The van der Waals surface area contributed by atoms with Crippen molar-refractivity contribution in [3.63, 3.8) is 0 Å². The van der Waals surface area contributed by atoms with Crippen LogP contribution in [0.1, 0.15) is 36.6 Å². The van der Waals surface area contributed by atoms with E-state index in [1.807, 2.05) is 31.7 Å². The van der Waals surface area contributed by atoms with Gasteiger partial charge in [-0.25, -0.2) is 8.42 Å². The van der Waals surface area contributed by atoms with E-state index in [2.05, 4.69) is 25.1 Å². The first-order chi connectivity index (χ1) is 12.9. The molecule has 0 bridgehead atoms. The monoisotopic (exact) mass is 405 g/mol. The first kappa shape index (κ1) is 20.2. The van der Waals surface area contributed by atoms with Gasteiger partial charge in [0.05, 0.1) is 11.0 Å². The van der Waals surface area contributed by atoms with Crippen LogP contribution in [0.4, 0.5) is 0 Å². The first-order valence-corrected chi connectivity index (χ1v) is 11.8. The molecular weight excluding hydrogens is 378 g/mol. The average molecular weight is 406 g/mol. The van der Waals surface area contributed by atoms with E-state index < -0.39 is 10.0 Å². The van der Waals surface area contributed by atoms with E-state index in [-0.39, 0.29) is 6.10 Å². The summed E-state index contributed by atoms with van der Waals surface area (Å²) in [5.41, 5.74) is 2.59. The number of sulfonamides is 1. The van der Waals surface area contributed by atoms with E-state index in [1.54, 1.807) is 28.6 Å². The molecule has 1 heterocycles. The molecule has 0 aliphatic carbocycles. The topological polar surface area (TPSA) is 46.6 Å². The molecule has 1 aliphatic heterocycles. The lowest BCUT2D eigenvalue weighted by Gasteiger charge is -2.20. The van der Waals surface area contributed by atoms with Gasteiger partial charge in [-0.05, 0) is 62.6 Å². The highest BCUT2D eigenvalue weighted by Crippen LogP contribution is 2.37. The predicted octanol–water partition coefficient (Wildman–Crippen LogP) is 4.65. The van der Waals surface area contributed by atoms with Crippen molar-refractivity contribution in [2.75, 3.05) is 18.8 Å². The second-order valence-electron chi connectivity index (χ2n) is 7.05. The summed E-state index contributed by atoms with van der Waals surface area (Å²) in [4.78, 5) is 0.331. The zero-order valence-electron chi connectivity index (χ0n) is 16.1. The number of rotatable bonds is 5. The van der Waals surface area contributed by atoms with Crippen LogP contribution in [0.15, 0.2) is 53.4 Å². The van der Waals surface area contributed by atoms with E-state index in [1.165, 1.54) is 11.1 Å². The van der Waals surface area contributed by atoms with E-state index in [0.717, 1.165) is 12.2 Å². The zero-order chi connectivity index (χ0) is 19.4. The molecule has 0 radical (unpaired) electrons. The summed E-state index contributed by atoms with van der Waals surface area (Å²) < 4.78 is 33.4. The quantitative estimate of drug-likeness (QED) is 0.726. The van der Waals surface area contributed by atoms with E-state index in [9.17, 15) is 8.42 Å². The Morgan fingerprint density at radius 1 is 1.07 bits per heavy atom. The average Bonchev–Trinajstić information content (AvgIpc) is 2.89. The van der Waals surface area contributed by atoms with Gasteiger partial charge in [-0.3, -0.25) is 0 Å². The van der Waals surface area contributed by atoms with Crippen LogP contribution in [0.2, 0.25) is 0 Å². The van der Waals surface area contributed by atoms with Gasteiger partial charge >= 0.3 is 0 Å². The van der Waals surface area contributed by atoms with Crippen LogP contribution < -0.4 is 4.74 Å². The number of thioether (sulfide) groups is 1. The van der Waals surface area contributed by atoms with Gasteiger partial charge in [-0.15, -0.1) is 0 Å². The van der Waals surface area contributed by atoms with Crippen LogP contribution in [0.3, 0.4) is 0 Å². The highest BCUT2D eigenvalue weighted by atomic mass is 32.2. The van der Waals surface area contributed by atoms with Crippen molar-refractivity contribution in [2.45, 2.75) is 43.4 Å². The van der Waals surface area contributed by atoms with Gasteiger partial charge in [0.15, 0.2) is 0 Å². The Kier molecular flexibility index (Phi) is 6.50. The fourth-order valence-electron chi connectivity index (χ4n) is 3.30. The molecule has 1 fully saturated rings. The molecule has 0 aromatic heterocycles. The van der Waals surface area contributed by atoms with Crippen LogP contribution in [0, 0.1) is 6.92 Å². The maximum absolute atomic E-state index is 13.1. The molecular formula is C21H27NO3S2. The van der Waals surface area contributed by atoms with Gasteiger partial charge in [0.25, 0.3) is 0 Å². The van der Waals surface area contributed by atoms with E-state index in [4.69, 9.17) is 4.74 Å².